The van der Waals surface area contributed by atoms with Crippen molar-refractivity contribution in [2.75, 3.05) is 25.6 Å². The van der Waals surface area contributed by atoms with E-state index in [1.807, 2.05) is 32.2 Å². The van der Waals surface area contributed by atoms with E-state index >= 15 is 0 Å². The molecule has 1 rings (SSSR count). The fourth-order valence-corrected chi connectivity index (χ4v) is 2.06. The van der Waals surface area contributed by atoms with Gasteiger partial charge in [0.2, 0.25) is 5.95 Å². The van der Waals surface area contributed by atoms with E-state index in [1.54, 1.807) is 0 Å². The van der Waals surface area contributed by atoms with Gasteiger partial charge in [-0.3, -0.25) is 0 Å². The summed E-state index contributed by atoms with van der Waals surface area (Å²) in [4.78, 5) is 6.38. The zero-order valence-corrected chi connectivity index (χ0v) is 12.1. The van der Waals surface area contributed by atoms with Gasteiger partial charge in [0.25, 0.3) is 0 Å². The molecule has 0 fully saturated rings. The van der Waals surface area contributed by atoms with Gasteiger partial charge in [-0.05, 0) is 12.3 Å². The van der Waals surface area contributed by atoms with Gasteiger partial charge < -0.3 is 19.9 Å². The summed E-state index contributed by atoms with van der Waals surface area (Å²) >= 11 is 0. The average Bonchev–Trinajstić information content (AvgIpc) is 2.65. The number of nitrogens with one attached hydrogen (secondary N) is 1. The first kappa shape index (κ1) is 15.0. The van der Waals surface area contributed by atoms with Crippen molar-refractivity contribution < 1.29 is 5.11 Å². The molecule has 1 aromatic rings. The molecule has 0 aliphatic carbocycles. The minimum absolute atomic E-state index is 0.226. The molecule has 0 radical (unpaired) electrons. The van der Waals surface area contributed by atoms with Crippen LogP contribution in [0.1, 0.15) is 26.0 Å². The van der Waals surface area contributed by atoms with Gasteiger partial charge in [0.1, 0.15) is 0 Å². The van der Waals surface area contributed by atoms with Gasteiger partial charge in [-0.25, -0.2) is 4.98 Å². The zero-order valence-electron chi connectivity index (χ0n) is 12.1. The third kappa shape index (κ3) is 3.71. The lowest BCUT2D eigenvalue weighted by Crippen LogP contribution is -2.34. The maximum atomic E-state index is 9.05. The molecule has 0 saturated heterocycles. The van der Waals surface area contributed by atoms with Crippen molar-refractivity contribution in [1.82, 2.24) is 14.9 Å². The lowest BCUT2D eigenvalue weighted by molar-refractivity contribution is 0.243. The molecule has 0 aromatic carbocycles. The Morgan fingerprint density at radius 3 is 2.56 bits per heavy atom. The van der Waals surface area contributed by atoms with Crippen LogP contribution < -0.4 is 10.2 Å². The van der Waals surface area contributed by atoms with Crippen molar-refractivity contribution in [3.8, 4) is 0 Å². The van der Waals surface area contributed by atoms with Crippen LogP contribution in [0.5, 0.6) is 0 Å². The third-order valence-corrected chi connectivity index (χ3v) is 3.25. The van der Waals surface area contributed by atoms with Gasteiger partial charge in [0.15, 0.2) is 0 Å². The predicted octanol–water partition coefficient (Wildman–Crippen LogP) is 0.983. The summed E-state index contributed by atoms with van der Waals surface area (Å²) in [6.45, 7) is 5.34. The van der Waals surface area contributed by atoms with E-state index < -0.39 is 0 Å². The minimum atomic E-state index is 0.226. The largest absolute Gasteiger partial charge is 0.396 e. The smallest absolute Gasteiger partial charge is 0.204 e. The Hall–Kier alpha value is -1.07. The Morgan fingerprint density at radius 1 is 1.44 bits per heavy atom. The molecule has 0 bridgehead atoms. The molecule has 5 nitrogen and oxygen atoms in total. The Balaban J connectivity index is 2.62. The second kappa shape index (κ2) is 6.75. The molecule has 1 aromatic heterocycles. The fraction of sp³-hybridized carbons (Fsp3) is 0.769. The predicted molar refractivity (Wildman–Crippen MR) is 74.7 cm³/mol. The molecule has 104 valence electrons. The second-order valence-corrected chi connectivity index (χ2v) is 5.25. The van der Waals surface area contributed by atoms with Gasteiger partial charge >= 0.3 is 0 Å². The van der Waals surface area contributed by atoms with Crippen LogP contribution in [0, 0.1) is 5.92 Å². The molecular weight excluding hydrogens is 228 g/mol. The molecule has 0 spiro atoms. The fourth-order valence-electron chi connectivity index (χ4n) is 2.06. The lowest BCUT2D eigenvalue weighted by atomic mass is 10.0. The first-order valence-corrected chi connectivity index (χ1v) is 6.49. The zero-order chi connectivity index (χ0) is 13.7. The molecule has 2 N–H and O–H groups in total. The van der Waals surface area contributed by atoms with Crippen LogP contribution in [0.4, 0.5) is 5.95 Å². The number of aliphatic hydroxyl groups excluding tert-OH is 1. The van der Waals surface area contributed by atoms with Crippen LogP contribution in [0.25, 0.3) is 0 Å². The SMILES string of the molecule is CC(C)C(CCO)NCc1cnc(N(C)C)n1C. The summed E-state index contributed by atoms with van der Waals surface area (Å²) in [6.07, 6.45) is 2.69. The highest BCUT2D eigenvalue weighted by Gasteiger charge is 2.14. The molecule has 0 saturated carbocycles. The first-order valence-electron chi connectivity index (χ1n) is 6.49. The molecule has 18 heavy (non-hydrogen) atoms. The van der Waals surface area contributed by atoms with Crippen molar-refractivity contribution in [3.63, 3.8) is 0 Å². The number of rotatable bonds is 7. The summed E-state index contributed by atoms with van der Waals surface area (Å²) in [5.74, 6) is 1.47. The molecule has 0 amide bonds. The van der Waals surface area contributed by atoms with E-state index in [9.17, 15) is 0 Å². The van der Waals surface area contributed by atoms with E-state index in [4.69, 9.17) is 5.11 Å². The molecule has 5 heteroatoms. The Bertz CT molecular complexity index is 360. The highest BCUT2D eigenvalue weighted by atomic mass is 16.3. The van der Waals surface area contributed by atoms with Crippen molar-refractivity contribution in [2.24, 2.45) is 13.0 Å². The van der Waals surface area contributed by atoms with Crippen LogP contribution in [-0.4, -0.2) is 41.4 Å². The van der Waals surface area contributed by atoms with Crippen molar-refractivity contribution in [1.29, 1.82) is 0 Å². The van der Waals surface area contributed by atoms with Crippen LogP contribution in [0.2, 0.25) is 0 Å². The average molecular weight is 254 g/mol. The van der Waals surface area contributed by atoms with E-state index in [0.717, 1.165) is 24.6 Å². The molecule has 1 heterocycles. The number of nitrogens with zero attached hydrogens (tertiary/aromatic N) is 3. The highest BCUT2D eigenvalue weighted by molar-refractivity contribution is 5.30. The van der Waals surface area contributed by atoms with Gasteiger partial charge in [-0.2, -0.15) is 0 Å². The first-order chi connectivity index (χ1) is 8.47. The Labute approximate surface area is 110 Å². The highest BCUT2D eigenvalue weighted by Crippen LogP contribution is 2.12. The standard InChI is InChI=1S/C13H26N4O/c1-10(2)12(6-7-18)14-8-11-9-15-13(16(3)4)17(11)5/h9-10,12,14,18H,6-8H2,1-5H3. The number of hydrogen-bond donors (Lipinski definition) is 2. The maximum Gasteiger partial charge on any atom is 0.204 e. The molecular formula is C13H26N4O. The maximum absolute atomic E-state index is 9.05. The molecule has 1 unspecified atom stereocenters. The van der Waals surface area contributed by atoms with E-state index in [2.05, 4.69) is 28.7 Å². The lowest BCUT2D eigenvalue weighted by Gasteiger charge is -2.22. The van der Waals surface area contributed by atoms with Gasteiger partial charge in [0.05, 0.1) is 11.9 Å². The summed E-state index contributed by atoms with van der Waals surface area (Å²) in [7, 11) is 6.00. The Kier molecular flexibility index (Phi) is 5.62. The van der Waals surface area contributed by atoms with Gasteiger partial charge in [0, 0.05) is 40.3 Å². The third-order valence-electron chi connectivity index (χ3n) is 3.25. The van der Waals surface area contributed by atoms with Gasteiger partial charge in [-0.1, -0.05) is 13.8 Å². The van der Waals surface area contributed by atoms with E-state index in [0.29, 0.717) is 12.0 Å². The molecule has 0 aliphatic heterocycles. The number of hydrogen-bond acceptors (Lipinski definition) is 4. The quantitative estimate of drug-likeness (QED) is 0.762. The van der Waals surface area contributed by atoms with Crippen LogP contribution in [0.3, 0.4) is 0 Å². The van der Waals surface area contributed by atoms with Crippen LogP contribution in [-0.2, 0) is 13.6 Å². The van der Waals surface area contributed by atoms with Crippen LogP contribution >= 0.6 is 0 Å². The Morgan fingerprint density at radius 2 is 2.11 bits per heavy atom. The van der Waals surface area contributed by atoms with Crippen molar-refractivity contribution in [2.45, 2.75) is 32.9 Å². The number of aliphatic hydroxyl groups is 1. The summed E-state index contributed by atoms with van der Waals surface area (Å²) < 4.78 is 2.09. The van der Waals surface area contributed by atoms with Gasteiger partial charge in [-0.15, -0.1) is 0 Å². The topological polar surface area (TPSA) is 53.3 Å². The molecule has 0 aliphatic rings. The van der Waals surface area contributed by atoms with E-state index in [-0.39, 0.29) is 6.61 Å². The van der Waals surface area contributed by atoms with E-state index in [1.165, 1.54) is 0 Å². The number of anilines is 1. The number of aromatic nitrogens is 2. The van der Waals surface area contributed by atoms with Crippen molar-refractivity contribution >= 4 is 5.95 Å². The summed E-state index contributed by atoms with van der Waals surface area (Å²) in [5.41, 5.74) is 1.15. The van der Waals surface area contributed by atoms with Crippen LogP contribution in [0.15, 0.2) is 6.20 Å². The molecule has 1 atom stereocenters. The second-order valence-electron chi connectivity index (χ2n) is 5.25. The van der Waals surface area contributed by atoms with Crippen molar-refractivity contribution in [3.05, 3.63) is 11.9 Å². The summed E-state index contributed by atoms with van der Waals surface area (Å²) in [6, 6.07) is 0.340. The summed E-state index contributed by atoms with van der Waals surface area (Å²) in [5, 5.41) is 12.5. The minimum Gasteiger partial charge on any atom is -0.396 e. The monoisotopic (exact) mass is 254 g/mol. The number of imidazole rings is 1. The normalized spacial score (nSPS) is 13.1.